The second kappa shape index (κ2) is 4.22. The van der Waals surface area contributed by atoms with E-state index in [2.05, 4.69) is 6.92 Å². The summed E-state index contributed by atoms with van der Waals surface area (Å²) in [5.74, 6) is 0. The smallest absolute Gasteiger partial charge is 0.0653 e. The van der Waals surface area contributed by atoms with Gasteiger partial charge in [-0.1, -0.05) is 13.3 Å². The van der Waals surface area contributed by atoms with E-state index in [-0.39, 0.29) is 0 Å². The highest BCUT2D eigenvalue weighted by Gasteiger charge is 1.76. The maximum absolute atomic E-state index is 2.22. The minimum absolute atomic E-state index is 1.35. The van der Waals surface area contributed by atoms with Crippen LogP contribution in [0, 0.1) is 0 Å². The highest BCUT2D eigenvalue weighted by atomic mass is 28.1. The molecule has 0 aliphatic carbocycles. The van der Waals surface area contributed by atoms with Crippen molar-refractivity contribution in [2.75, 3.05) is 0 Å². The van der Waals surface area contributed by atoms with Crippen molar-refractivity contribution >= 4 is 10.2 Å². The van der Waals surface area contributed by atoms with E-state index in [1.165, 1.54) is 18.9 Å². The molecule has 1 heteroatoms. The Labute approximate surface area is 37.0 Å². The maximum Gasteiger partial charge on any atom is 0.283 e. The fraction of sp³-hybridized carbons (Fsp3) is 1.00. The van der Waals surface area contributed by atoms with Crippen molar-refractivity contribution in [2.45, 2.75) is 25.8 Å². The Kier molecular flexibility index (Phi) is 4.40. The lowest BCUT2D eigenvalue weighted by molar-refractivity contribution is 0.884. The van der Waals surface area contributed by atoms with Crippen molar-refractivity contribution in [3.63, 3.8) is 0 Å². The summed E-state index contributed by atoms with van der Waals surface area (Å²) in [7, 11) is 2.05. The lowest BCUT2D eigenvalue weighted by Gasteiger charge is -1.73. The van der Waals surface area contributed by atoms with Crippen molar-refractivity contribution < 1.29 is 0 Å². The van der Waals surface area contributed by atoms with E-state index in [0.29, 0.717) is 0 Å². The van der Waals surface area contributed by atoms with Gasteiger partial charge < -0.3 is 0 Å². The quantitative estimate of drug-likeness (QED) is 0.438. The van der Waals surface area contributed by atoms with E-state index < -0.39 is 0 Å². The zero-order chi connectivity index (χ0) is 4.12. The third-order valence-corrected chi connectivity index (χ3v) is 1.10. The first-order valence-corrected chi connectivity index (χ1v) is 3.21. The molecule has 0 aliphatic heterocycles. The van der Waals surface area contributed by atoms with Crippen LogP contribution in [0.2, 0.25) is 6.04 Å². The molecule has 0 aromatic carbocycles. The molecule has 0 aromatic heterocycles. The standard InChI is InChI=1S/C4H11Si/c1-2-3-4-5/h2-5H2,1H3/q+1. The second-order valence-electron chi connectivity index (χ2n) is 1.21. The predicted octanol–water partition coefficient (Wildman–Crippen LogP) is 0.838. The lowest BCUT2D eigenvalue weighted by Crippen LogP contribution is -1.63. The van der Waals surface area contributed by atoms with Crippen molar-refractivity contribution in [2.24, 2.45) is 0 Å². The van der Waals surface area contributed by atoms with Crippen LogP contribution in [0.25, 0.3) is 0 Å². The topological polar surface area (TPSA) is 0 Å². The van der Waals surface area contributed by atoms with Gasteiger partial charge in [-0.25, -0.2) is 0 Å². The van der Waals surface area contributed by atoms with E-state index in [9.17, 15) is 0 Å². The van der Waals surface area contributed by atoms with Gasteiger partial charge in [0.25, 0.3) is 10.2 Å². The van der Waals surface area contributed by atoms with Crippen molar-refractivity contribution in [3.05, 3.63) is 0 Å². The first-order valence-electron chi connectivity index (χ1n) is 2.21. The number of hydrogen-bond donors (Lipinski definition) is 0. The second-order valence-corrected chi connectivity index (χ2v) is 1.91. The minimum atomic E-state index is 1.35. The van der Waals surface area contributed by atoms with Crippen molar-refractivity contribution in [3.8, 4) is 0 Å². The lowest BCUT2D eigenvalue weighted by atomic mass is 10.4. The van der Waals surface area contributed by atoms with Gasteiger partial charge in [0.15, 0.2) is 0 Å². The molecule has 0 saturated carbocycles. The highest BCUT2D eigenvalue weighted by Crippen LogP contribution is 1.86. The predicted molar refractivity (Wildman–Crippen MR) is 28.3 cm³/mol. The molecule has 0 fully saturated rings. The molecule has 5 heavy (non-hydrogen) atoms. The van der Waals surface area contributed by atoms with E-state index in [1.54, 1.807) is 0 Å². The molecule has 0 heterocycles. The molecule has 0 amide bonds. The molecule has 0 rings (SSSR count). The van der Waals surface area contributed by atoms with Gasteiger partial charge in [0.05, 0.1) is 6.04 Å². The third-order valence-electron chi connectivity index (χ3n) is 0.604. The van der Waals surface area contributed by atoms with E-state index in [1.807, 2.05) is 10.2 Å². The summed E-state index contributed by atoms with van der Waals surface area (Å²) in [6, 6.07) is 1.37. The summed E-state index contributed by atoms with van der Waals surface area (Å²) >= 11 is 0. The summed E-state index contributed by atoms with van der Waals surface area (Å²) in [5.41, 5.74) is 0. The summed E-state index contributed by atoms with van der Waals surface area (Å²) in [5, 5.41) is 0. The van der Waals surface area contributed by atoms with Crippen LogP contribution in [-0.4, -0.2) is 10.2 Å². The molecular formula is C4H11Si+. The largest absolute Gasteiger partial charge is 0.283 e. The van der Waals surface area contributed by atoms with Crippen LogP contribution < -0.4 is 0 Å². The zero-order valence-corrected chi connectivity index (χ0v) is 5.24. The highest BCUT2D eigenvalue weighted by molar-refractivity contribution is 6.08. The first-order chi connectivity index (χ1) is 2.41. The fourth-order valence-corrected chi connectivity index (χ4v) is 0.750. The van der Waals surface area contributed by atoms with Crippen molar-refractivity contribution in [1.82, 2.24) is 0 Å². The van der Waals surface area contributed by atoms with Gasteiger partial charge in [-0.15, -0.1) is 0 Å². The minimum Gasteiger partial charge on any atom is -0.0653 e. The molecule has 30 valence electrons. The Bertz CT molecular complexity index is 11.1. The summed E-state index contributed by atoms with van der Waals surface area (Å²) < 4.78 is 0. The molecule has 0 atom stereocenters. The Morgan fingerprint density at radius 2 is 2.20 bits per heavy atom. The molecule has 0 bridgehead atoms. The van der Waals surface area contributed by atoms with E-state index in [4.69, 9.17) is 0 Å². The molecule has 0 aliphatic rings. The zero-order valence-electron chi connectivity index (χ0n) is 3.83. The van der Waals surface area contributed by atoms with E-state index in [0.717, 1.165) is 0 Å². The van der Waals surface area contributed by atoms with Crippen LogP contribution in [-0.2, 0) is 0 Å². The average Bonchev–Trinajstić information content (AvgIpc) is 1.41. The van der Waals surface area contributed by atoms with Crippen LogP contribution in [0.3, 0.4) is 0 Å². The Morgan fingerprint density at radius 1 is 1.60 bits per heavy atom. The molecule has 0 nitrogen and oxygen atoms in total. The van der Waals surface area contributed by atoms with E-state index >= 15 is 0 Å². The van der Waals surface area contributed by atoms with Gasteiger partial charge >= 0.3 is 0 Å². The molecular weight excluding hydrogens is 76.1 g/mol. The molecule has 0 N–H and O–H groups in total. The summed E-state index contributed by atoms with van der Waals surface area (Å²) in [6.45, 7) is 2.22. The van der Waals surface area contributed by atoms with Gasteiger partial charge in [-0.05, 0) is 6.42 Å². The van der Waals surface area contributed by atoms with Gasteiger partial charge in [-0.2, -0.15) is 0 Å². The Hall–Kier alpha value is 0.217. The molecule has 0 aromatic rings. The van der Waals surface area contributed by atoms with Crippen LogP contribution in [0.1, 0.15) is 19.8 Å². The molecule has 0 radical (unpaired) electrons. The SMILES string of the molecule is CCCC[SiH2+]. The maximum atomic E-state index is 2.22. The van der Waals surface area contributed by atoms with Crippen LogP contribution >= 0.6 is 0 Å². The van der Waals surface area contributed by atoms with Gasteiger partial charge in [0.2, 0.25) is 0 Å². The Balaban J connectivity index is 2.19. The summed E-state index contributed by atoms with van der Waals surface area (Å²) in [4.78, 5) is 0. The molecule has 0 spiro atoms. The van der Waals surface area contributed by atoms with Gasteiger partial charge in [0, 0.05) is 0 Å². The first kappa shape index (κ1) is 5.22. The fourth-order valence-electron chi connectivity index (χ4n) is 0.250. The van der Waals surface area contributed by atoms with Crippen LogP contribution in [0.5, 0.6) is 0 Å². The Morgan fingerprint density at radius 3 is 2.20 bits per heavy atom. The third kappa shape index (κ3) is 4.22. The van der Waals surface area contributed by atoms with Crippen LogP contribution in [0.15, 0.2) is 0 Å². The van der Waals surface area contributed by atoms with Gasteiger partial charge in [0.1, 0.15) is 0 Å². The van der Waals surface area contributed by atoms with Crippen molar-refractivity contribution in [1.29, 1.82) is 0 Å². The summed E-state index contributed by atoms with van der Waals surface area (Å²) in [6.07, 6.45) is 2.75. The number of unbranched alkanes of at least 4 members (excludes halogenated alkanes) is 1. The number of hydrogen-bond acceptors (Lipinski definition) is 0. The molecule has 0 saturated heterocycles. The van der Waals surface area contributed by atoms with Crippen LogP contribution in [0.4, 0.5) is 0 Å². The molecule has 0 unspecified atom stereocenters. The van der Waals surface area contributed by atoms with Gasteiger partial charge in [-0.3, -0.25) is 0 Å². The number of rotatable bonds is 2. The monoisotopic (exact) mass is 87.1 g/mol. The normalized spacial score (nSPS) is 8.20. The average molecular weight is 87.2 g/mol.